The van der Waals surface area contributed by atoms with Crippen LogP contribution in [0.5, 0.6) is 0 Å². The van der Waals surface area contributed by atoms with Crippen LogP contribution in [0.2, 0.25) is 5.02 Å². The highest BCUT2D eigenvalue weighted by atomic mass is 127. The Labute approximate surface area is 202 Å². The fraction of sp³-hybridized carbons (Fsp3) is 0.650. The molecule has 10 heteroatoms. The lowest BCUT2D eigenvalue weighted by Crippen LogP contribution is -2.44. The van der Waals surface area contributed by atoms with Gasteiger partial charge in [-0.1, -0.05) is 23.7 Å². The number of hydrogen-bond donors (Lipinski definition) is 2. The lowest BCUT2D eigenvalue weighted by atomic mass is 10.0. The second-order valence-electron chi connectivity index (χ2n) is 7.40. The maximum absolute atomic E-state index is 11.4. The summed E-state index contributed by atoms with van der Waals surface area (Å²) >= 11 is 6.23. The average molecular weight is 573 g/mol. The van der Waals surface area contributed by atoms with Crippen LogP contribution in [0.3, 0.4) is 0 Å². The van der Waals surface area contributed by atoms with Crippen LogP contribution in [0, 0.1) is 0 Å². The van der Waals surface area contributed by atoms with Crippen molar-refractivity contribution in [1.29, 1.82) is 0 Å². The van der Waals surface area contributed by atoms with Gasteiger partial charge in [0.2, 0.25) is 0 Å². The standard InChI is InChI=1S/C20H33ClN4O3S.HI/c1-4-22-20(24-16(2)8-13-29(3,26)27)23-15-19(25-9-11-28-12-10-25)17-6-5-7-18(21)14-17;/h5-7,14,16,19H,4,8-13,15H2,1-3H3,(H2,22,23,24);1H. The van der Waals surface area contributed by atoms with Gasteiger partial charge < -0.3 is 15.4 Å². The Hall–Kier alpha value is -0.620. The number of nitrogens with zero attached hydrogens (tertiary/aromatic N) is 2. The second-order valence-corrected chi connectivity index (χ2v) is 10.1. The van der Waals surface area contributed by atoms with E-state index in [9.17, 15) is 8.42 Å². The average Bonchev–Trinajstić information content (AvgIpc) is 2.67. The van der Waals surface area contributed by atoms with Crippen LogP contribution in [0.4, 0.5) is 0 Å². The van der Waals surface area contributed by atoms with E-state index in [-0.39, 0.29) is 41.8 Å². The van der Waals surface area contributed by atoms with E-state index in [2.05, 4.69) is 21.6 Å². The number of aliphatic imine (C=N–C) groups is 1. The molecular formula is C20H34ClIN4O3S. The minimum atomic E-state index is -2.98. The number of rotatable bonds is 9. The van der Waals surface area contributed by atoms with Gasteiger partial charge in [0, 0.05) is 37.0 Å². The van der Waals surface area contributed by atoms with Gasteiger partial charge in [-0.15, -0.1) is 24.0 Å². The van der Waals surface area contributed by atoms with Crippen LogP contribution >= 0.6 is 35.6 Å². The van der Waals surface area contributed by atoms with Gasteiger partial charge in [-0.25, -0.2) is 8.42 Å². The third kappa shape index (κ3) is 10.1. The smallest absolute Gasteiger partial charge is 0.191 e. The Morgan fingerprint density at radius 2 is 2.03 bits per heavy atom. The summed E-state index contributed by atoms with van der Waals surface area (Å²) in [5.41, 5.74) is 1.13. The van der Waals surface area contributed by atoms with Crippen molar-refractivity contribution >= 4 is 51.4 Å². The predicted molar refractivity (Wildman–Crippen MR) is 135 cm³/mol. The van der Waals surface area contributed by atoms with Crippen molar-refractivity contribution in [1.82, 2.24) is 15.5 Å². The number of halogens is 2. The Balaban J connectivity index is 0.00000450. The molecule has 1 heterocycles. The maximum Gasteiger partial charge on any atom is 0.191 e. The van der Waals surface area contributed by atoms with Crippen molar-refractivity contribution in [3.05, 3.63) is 34.9 Å². The predicted octanol–water partition coefficient (Wildman–Crippen LogP) is 2.71. The Morgan fingerprint density at radius 1 is 1.33 bits per heavy atom. The zero-order valence-electron chi connectivity index (χ0n) is 17.9. The van der Waals surface area contributed by atoms with Crippen LogP contribution in [0.25, 0.3) is 0 Å². The molecule has 0 radical (unpaired) electrons. The van der Waals surface area contributed by atoms with Gasteiger partial charge >= 0.3 is 0 Å². The summed E-state index contributed by atoms with van der Waals surface area (Å²) < 4.78 is 28.3. The third-order valence-corrected chi connectivity index (χ3v) is 6.00. The molecule has 2 rings (SSSR count). The number of sulfone groups is 1. The van der Waals surface area contributed by atoms with E-state index in [1.165, 1.54) is 6.26 Å². The molecule has 1 aliphatic heterocycles. The summed E-state index contributed by atoms with van der Waals surface area (Å²) in [6.07, 6.45) is 1.79. The minimum Gasteiger partial charge on any atom is -0.379 e. The molecule has 0 spiro atoms. The van der Waals surface area contributed by atoms with Gasteiger partial charge in [0.1, 0.15) is 9.84 Å². The first-order valence-electron chi connectivity index (χ1n) is 10.1. The second kappa shape index (κ2) is 13.7. The molecule has 172 valence electrons. The normalized spacial score (nSPS) is 17.7. The van der Waals surface area contributed by atoms with Gasteiger partial charge in [-0.2, -0.15) is 0 Å². The lowest BCUT2D eigenvalue weighted by molar-refractivity contribution is 0.0179. The topological polar surface area (TPSA) is 83.0 Å². The summed E-state index contributed by atoms with van der Waals surface area (Å²) in [5.74, 6) is 0.841. The van der Waals surface area contributed by atoms with Gasteiger partial charge in [0.15, 0.2) is 5.96 Å². The highest BCUT2D eigenvalue weighted by Gasteiger charge is 2.23. The number of hydrogen-bond acceptors (Lipinski definition) is 5. The van der Waals surface area contributed by atoms with Crippen molar-refractivity contribution in [3.8, 4) is 0 Å². The molecule has 7 nitrogen and oxygen atoms in total. The SMILES string of the molecule is CCNC(=NCC(c1cccc(Cl)c1)N1CCOCC1)NC(C)CCS(C)(=O)=O.I. The van der Waals surface area contributed by atoms with Gasteiger partial charge in [-0.05, 0) is 38.0 Å². The summed E-state index contributed by atoms with van der Waals surface area (Å²) in [7, 11) is -2.98. The fourth-order valence-corrected chi connectivity index (χ4v) is 4.21. The number of benzene rings is 1. The van der Waals surface area contributed by atoms with Crippen molar-refractivity contribution < 1.29 is 13.2 Å². The molecule has 2 N–H and O–H groups in total. The number of morpholine rings is 1. The Kier molecular flexibility index (Phi) is 12.5. The molecule has 2 atom stereocenters. The highest BCUT2D eigenvalue weighted by molar-refractivity contribution is 14.0. The first-order chi connectivity index (χ1) is 13.8. The van der Waals surface area contributed by atoms with E-state index >= 15 is 0 Å². The molecule has 1 saturated heterocycles. The van der Waals surface area contributed by atoms with E-state index in [4.69, 9.17) is 21.3 Å². The van der Waals surface area contributed by atoms with Crippen LogP contribution in [-0.4, -0.2) is 76.7 Å². The first-order valence-corrected chi connectivity index (χ1v) is 12.5. The van der Waals surface area contributed by atoms with E-state index in [0.717, 1.165) is 25.2 Å². The molecule has 0 saturated carbocycles. The van der Waals surface area contributed by atoms with Gasteiger partial charge in [-0.3, -0.25) is 9.89 Å². The molecule has 0 aromatic heterocycles. The van der Waals surface area contributed by atoms with E-state index < -0.39 is 9.84 Å². The molecule has 0 aliphatic carbocycles. The monoisotopic (exact) mass is 572 g/mol. The number of ether oxygens (including phenoxy) is 1. The summed E-state index contributed by atoms with van der Waals surface area (Å²) in [6, 6.07) is 8.00. The first kappa shape index (κ1) is 27.4. The van der Waals surface area contributed by atoms with Crippen LogP contribution in [-0.2, 0) is 14.6 Å². The van der Waals surface area contributed by atoms with E-state index in [1.807, 2.05) is 32.0 Å². The van der Waals surface area contributed by atoms with E-state index in [0.29, 0.717) is 37.2 Å². The van der Waals surface area contributed by atoms with Crippen molar-refractivity contribution in [2.75, 3.05) is 51.4 Å². The van der Waals surface area contributed by atoms with Crippen molar-refractivity contribution in [2.24, 2.45) is 4.99 Å². The fourth-order valence-electron chi connectivity index (χ4n) is 3.23. The number of guanidine groups is 1. The molecule has 1 aromatic carbocycles. The molecule has 0 bridgehead atoms. The van der Waals surface area contributed by atoms with Crippen molar-refractivity contribution in [2.45, 2.75) is 32.4 Å². The molecule has 30 heavy (non-hydrogen) atoms. The quantitative estimate of drug-likeness (QED) is 0.269. The molecule has 1 fully saturated rings. The van der Waals surface area contributed by atoms with Crippen molar-refractivity contribution in [3.63, 3.8) is 0 Å². The van der Waals surface area contributed by atoms with Gasteiger partial charge in [0.05, 0.1) is 31.6 Å². The van der Waals surface area contributed by atoms with Crippen LogP contribution in [0.1, 0.15) is 31.9 Å². The molecular weight excluding hydrogens is 539 g/mol. The van der Waals surface area contributed by atoms with Crippen LogP contribution < -0.4 is 10.6 Å². The Bertz CT molecular complexity index is 773. The van der Waals surface area contributed by atoms with E-state index in [1.54, 1.807) is 0 Å². The third-order valence-electron chi connectivity index (χ3n) is 4.79. The zero-order chi connectivity index (χ0) is 21.3. The lowest BCUT2D eigenvalue weighted by Gasteiger charge is -2.34. The summed E-state index contributed by atoms with van der Waals surface area (Å²) in [5, 5.41) is 7.28. The molecule has 1 aliphatic rings. The largest absolute Gasteiger partial charge is 0.379 e. The minimum absolute atomic E-state index is 0. The van der Waals surface area contributed by atoms with Gasteiger partial charge in [0.25, 0.3) is 0 Å². The Morgan fingerprint density at radius 3 is 2.63 bits per heavy atom. The number of nitrogens with one attached hydrogen (secondary N) is 2. The zero-order valence-corrected chi connectivity index (χ0v) is 21.8. The molecule has 1 aromatic rings. The molecule has 0 amide bonds. The summed E-state index contributed by atoms with van der Waals surface area (Å²) in [4.78, 5) is 7.17. The van der Waals surface area contributed by atoms with Crippen LogP contribution in [0.15, 0.2) is 29.3 Å². The summed E-state index contributed by atoms with van der Waals surface area (Å²) in [6.45, 7) is 8.38. The molecule has 2 unspecified atom stereocenters. The highest BCUT2D eigenvalue weighted by Crippen LogP contribution is 2.24. The maximum atomic E-state index is 11.4.